The largest absolute Gasteiger partial charge is 0.456 e. The second-order valence-electron chi connectivity index (χ2n) is 10.3. The molecule has 4 heteroatoms. The van der Waals surface area contributed by atoms with E-state index >= 15 is 0 Å². The number of hydrogen-bond donors (Lipinski definition) is 0. The minimum Gasteiger partial charge on any atom is -0.456 e. The molecule has 2 heterocycles. The van der Waals surface area contributed by atoms with Crippen LogP contribution in [0, 0.1) is 22.7 Å². The summed E-state index contributed by atoms with van der Waals surface area (Å²) in [5.74, 6) is 0. The molecule has 0 bridgehead atoms. The maximum atomic E-state index is 10.7. The highest BCUT2D eigenvalue weighted by Crippen LogP contribution is 2.43. The van der Waals surface area contributed by atoms with Gasteiger partial charge in [0.2, 0.25) is 0 Å². The molecule has 0 unspecified atom stereocenters. The Bertz CT molecular complexity index is 2450. The Hall–Kier alpha value is -6.10. The average Bonchev–Trinajstić information content (AvgIpc) is 3.62. The molecule has 0 spiro atoms. The molecular weight excluding hydrogens is 516 g/mol. The molecule has 0 amide bonds. The number of nitrogens with zero attached hydrogens (tertiary/aromatic N) is 2. The molecule has 0 aliphatic rings. The van der Waals surface area contributed by atoms with Gasteiger partial charge in [0, 0.05) is 38.2 Å². The molecule has 4 nitrogen and oxygen atoms in total. The van der Waals surface area contributed by atoms with Crippen molar-refractivity contribution in [2.45, 2.75) is 0 Å². The predicted molar refractivity (Wildman–Crippen MR) is 167 cm³/mol. The van der Waals surface area contributed by atoms with Crippen molar-refractivity contribution in [3.8, 4) is 45.5 Å². The summed E-state index contributed by atoms with van der Waals surface area (Å²) in [6.45, 7) is 0. The average molecular weight is 537 g/mol. The van der Waals surface area contributed by atoms with Crippen LogP contribution in [-0.2, 0) is 0 Å². The maximum absolute atomic E-state index is 10.7. The van der Waals surface area contributed by atoms with E-state index < -0.39 is 0 Å². The number of hydrogen-bond acceptors (Lipinski definition) is 4. The van der Waals surface area contributed by atoms with Crippen molar-refractivity contribution in [2.75, 3.05) is 0 Å². The van der Waals surface area contributed by atoms with Crippen LogP contribution < -0.4 is 0 Å². The number of fused-ring (bicyclic) bond motifs is 6. The standard InChI is InChI=1S/C38H20N2O2/c39-21-24-8-1-2-9-26(24)25-18-32(23-16-17-29-27-10-3-5-14-35(27)41-37(29)20-23)34(22-40)33(19-25)31-13-7-12-30-28-11-4-6-15-36(28)42-38(30)31/h1-20H. The minimum absolute atomic E-state index is 0.525. The monoisotopic (exact) mass is 536 g/mol. The van der Waals surface area contributed by atoms with Crippen molar-refractivity contribution < 1.29 is 8.83 Å². The number of para-hydroxylation sites is 3. The summed E-state index contributed by atoms with van der Waals surface area (Å²) in [5, 5.41) is 24.7. The predicted octanol–water partition coefficient (Wildman–Crippen LogP) is 10.2. The van der Waals surface area contributed by atoms with E-state index in [0.29, 0.717) is 11.1 Å². The highest BCUT2D eigenvalue weighted by Gasteiger charge is 2.21. The number of furan rings is 2. The minimum atomic E-state index is 0.525. The summed E-state index contributed by atoms with van der Waals surface area (Å²) in [5.41, 5.74) is 8.99. The molecule has 0 radical (unpaired) electrons. The summed E-state index contributed by atoms with van der Waals surface area (Å²) < 4.78 is 12.6. The number of benzene rings is 6. The topological polar surface area (TPSA) is 73.9 Å². The van der Waals surface area contributed by atoms with Crippen molar-refractivity contribution in [2.24, 2.45) is 0 Å². The first-order valence-electron chi connectivity index (χ1n) is 13.6. The van der Waals surface area contributed by atoms with E-state index in [1.165, 1.54) is 0 Å². The Morgan fingerprint density at radius 2 is 1.07 bits per heavy atom. The van der Waals surface area contributed by atoms with Crippen LogP contribution in [0.2, 0.25) is 0 Å². The summed E-state index contributed by atoms with van der Waals surface area (Å²) >= 11 is 0. The molecule has 0 saturated carbocycles. The van der Waals surface area contributed by atoms with Crippen LogP contribution >= 0.6 is 0 Å². The molecule has 2 aromatic heterocycles. The van der Waals surface area contributed by atoms with Gasteiger partial charge in [-0.2, -0.15) is 10.5 Å². The van der Waals surface area contributed by atoms with Gasteiger partial charge in [0.05, 0.1) is 17.2 Å². The Balaban J connectivity index is 1.46. The van der Waals surface area contributed by atoms with E-state index in [9.17, 15) is 10.5 Å². The van der Waals surface area contributed by atoms with E-state index in [1.807, 2.05) is 121 Å². The van der Waals surface area contributed by atoms with Gasteiger partial charge in [-0.15, -0.1) is 0 Å². The van der Waals surface area contributed by atoms with Crippen LogP contribution in [0.25, 0.3) is 77.3 Å². The molecule has 42 heavy (non-hydrogen) atoms. The molecule has 0 saturated heterocycles. The number of rotatable bonds is 3. The van der Waals surface area contributed by atoms with E-state index in [2.05, 4.69) is 12.1 Å². The molecule has 8 aromatic rings. The van der Waals surface area contributed by atoms with Crippen LogP contribution in [0.5, 0.6) is 0 Å². The fraction of sp³-hybridized carbons (Fsp3) is 0. The SMILES string of the molecule is N#Cc1ccccc1-c1cc(-c2ccc3c(c2)oc2ccccc23)c(C#N)c(-c2cccc3c2oc2ccccc23)c1. The third-order valence-electron chi connectivity index (χ3n) is 7.99. The van der Waals surface area contributed by atoms with Gasteiger partial charge < -0.3 is 8.83 Å². The highest BCUT2D eigenvalue weighted by atomic mass is 16.3. The van der Waals surface area contributed by atoms with Crippen molar-refractivity contribution >= 4 is 43.9 Å². The van der Waals surface area contributed by atoms with E-state index in [0.717, 1.165) is 77.3 Å². The van der Waals surface area contributed by atoms with Gasteiger partial charge in [-0.05, 0) is 59.2 Å². The third kappa shape index (κ3) is 3.53. The first kappa shape index (κ1) is 23.8. The van der Waals surface area contributed by atoms with E-state index in [4.69, 9.17) is 8.83 Å². The highest BCUT2D eigenvalue weighted by molar-refractivity contribution is 6.11. The molecule has 0 N–H and O–H groups in total. The smallest absolute Gasteiger partial charge is 0.143 e. The molecule has 194 valence electrons. The van der Waals surface area contributed by atoms with E-state index in [1.54, 1.807) is 0 Å². The lowest BCUT2D eigenvalue weighted by molar-refractivity contribution is 0.669. The molecule has 0 fully saturated rings. The zero-order chi connectivity index (χ0) is 28.2. The lowest BCUT2D eigenvalue weighted by atomic mass is 9.87. The third-order valence-corrected chi connectivity index (χ3v) is 7.99. The number of nitriles is 2. The van der Waals surface area contributed by atoms with Crippen molar-refractivity contribution in [3.63, 3.8) is 0 Å². The van der Waals surface area contributed by atoms with Gasteiger partial charge >= 0.3 is 0 Å². The lowest BCUT2D eigenvalue weighted by Gasteiger charge is -2.15. The normalized spacial score (nSPS) is 11.3. The van der Waals surface area contributed by atoms with Crippen molar-refractivity contribution in [1.82, 2.24) is 0 Å². The van der Waals surface area contributed by atoms with Crippen molar-refractivity contribution in [1.29, 1.82) is 10.5 Å². The van der Waals surface area contributed by atoms with Gasteiger partial charge in [0.1, 0.15) is 28.4 Å². The summed E-state index contributed by atoms with van der Waals surface area (Å²) in [6.07, 6.45) is 0. The summed E-state index contributed by atoms with van der Waals surface area (Å²) in [4.78, 5) is 0. The summed E-state index contributed by atoms with van der Waals surface area (Å²) in [6, 6.07) is 44.4. The molecule has 8 rings (SSSR count). The van der Waals surface area contributed by atoms with Gasteiger partial charge in [0.25, 0.3) is 0 Å². The Morgan fingerprint density at radius 1 is 0.429 bits per heavy atom. The second-order valence-corrected chi connectivity index (χ2v) is 10.3. The molecule has 6 aromatic carbocycles. The first-order valence-corrected chi connectivity index (χ1v) is 13.6. The van der Waals surface area contributed by atoms with Gasteiger partial charge in [-0.25, -0.2) is 0 Å². The Kier molecular flexibility index (Phi) is 5.22. The van der Waals surface area contributed by atoms with Crippen LogP contribution in [0.3, 0.4) is 0 Å². The van der Waals surface area contributed by atoms with Crippen LogP contribution in [0.1, 0.15) is 11.1 Å². The molecular formula is C38H20N2O2. The summed E-state index contributed by atoms with van der Waals surface area (Å²) in [7, 11) is 0. The zero-order valence-electron chi connectivity index (χ0n) is 22.3. The van der Waals surface area contributed by atoms with Crippen LogP contribution in [0.4, 0.5) is 0 Å². The lowest BCUT2D eigenvalue weighted by Crippen LogP contribution is -1.94. The van der Waals surface area contributed by atoms with Gasteiger partial charge in [-0.3, -0.25) is 0 Å². The van der Waals surface area contributed by atoms with Gasteiger partial charge in [0.15, 0.2) is 0 Å². The quantitative estimate of drug-likeness (QED) is 0.225. The molecule has 0 aliphatic heterocycles. The molecule has 0 atom stereocenters. The fourth-order valence-electron chi connectivity index (χ4n) is 6.04. The van der Waals surface area contributed by atoms with Crippen LogP contribution in [0.15, 0.2) is 130 Å². The fourth-order valence-corrected chi connectivity index (χ4v) is 6.04. The van der Waals surface area contributed by atoms with Crippen molar-refractivity contribution in [3.05, 3.63) is 132 Å². The Labute approximate surface area is 240 Å². The molecule has 0 aliphatic carbocycles. The second kappa shape index (κ2) is 9.24. The Morgan fingerprint density at radius 3 is 1.88 bits per heavy atom. The van der Waals surface area contributed by atoms with Gasteiger partial charge in [-0.1, -0.05) is 78.9 Å². The van der Waals surface area contributed by atoms with E-state index in [-0.39, 0.29) is 0 Å². The first-order chi connectivity index (χ1) is 20.7. The van der Waals surface area contributed by atoms with Crippen LogP contribution in [-0.4, -0.2) is 0 Å². The maximum Gasteiger partial charge on any atom is 0.143 e. The zero-order valence-corrected chi connectivity index (χ0v) is 22.3.